The lowest BCUT2D eigenvalue weighted by Crippen LogP contribution is -2.64. The lowest BCUT2D eigenvalue weighted by atomic mass is 9.33. The van der Waals surface area contributed by atoms with Gasteiger partial charge in [-0.15, -0.1) is 0 Å². The van der Waals surface area contributed by atoms with Crippen molar-refractivity contribution in [1.29, 1.82) is 0 Å². The van der Waals surface area contributed by atoms with Crippen molar-refractivity contribution in [2.24, 2.45) is 50.7 Å². The van der Waals surface area contributed by atoms with Crippen LogP contribution in [0, 0.1) is 50.7 Å². The van der Waals surface area contributed by atoms with Gasteiger partial charge in [0.25, 0.3) is 0 Å². The lowest BCUT2D eigenvalue weighted by molar-refractivity contribution is -0.202. The van der Waals surface area contributed by atoms with Gasteiger partial charge in [0.2, 0.25) is 0 Å². The summed E-state index contributed by atoms with van der Waals surface area (Å²) in [5.41, 5.74) is -4.29. The van der Waals surface area contributed by atoms with Gasteiger partial charge in [-0.25, -0.2) is 0 Å². The molecule has 5 aliphatic carbocycles. The van der Waals surface area contributed by atoms with Gasteiger partial charge in [-0.1, -0.05) is 54.0 Å². The molecule has 0 bridgehead atoms. The number of allylic oxidation sites excluding steroid dienone is 3. The summed E-state index contributed by atoms with van der Waals surface area (Å²) in [6.07, 6.45) is 8.52. The fraction of sp³-hybridized carbons (Fsp3) is 0.844. The third-order valence-corrected chi connectivity index (χ3v) is 14.4. The van der Waals surface area contributed by atoms with E-state index in [1.807, 2.05) is 13.8 Å². The Bertz CT molecular complexity index is 1340. The first kappa shape index (κ1) is 29.7. The molecule has 0 aromatic rings. The number of ketones is 1. The Labute approximate surface area is 242 Å². The van der Waals surface area contributed by atoms with Crippen LogP contribution in [0.15, 0.2) is 23.0 Å². The van der Waals surface area contributed by atoms with Gasteiger partial charge in [0.05, 0.1) is 12.7 Å². The summed E-state index contributed by atoms with van der Waals surface area (Å²) < 4.78 is 74.3. The zero-order valence-corrected chi connectivity index (χ0v) is 26.2. The second-order valence-corrected chi connectivity index (χ2v) is 17.2. The van der Waals surface area contributed by atoms with E-state index < -0.39 is 21.0 Å². The molecule has 1 aliphatic heterocycles. The van der Waals surface area contributed by atoms with E-state index in [1.54, 1.807) is 6.08 Å². The molecule has 9 heteroatoms. The Kier molecular flexibility index (Phi) is 6.26. The van der Waals surface area contributed by atoms with Crippen molar-refractivity contribution >= 4 is 15.9 Å². The number of carbonyl (C=O) groups excluding carboxylic acids is 1. The second kappa shape index (κ2) is 8.64. The molecule has 0 aromatic carbocycles. The molecule has 0 spiro atoms. The standard InChI is InChI=1S/C32H45F3O5S/c1-18(2)25-20(36)16-31(24-17-39-24)15-14-29(6)19(26(25)31)8-9-22-28(5)12-11-23(40-41(37,38)32(33,34)35)27(3,4)21(28)10-13-30(22,29)7/h11,18-19,21-22,24H,8-10,12-17H2,1-7H3/t19-,21+,22-,24+,28+,29-,30-,31+/m1/s1. The van der Waals surface area contributed by atoms with E-state index in [9.17, 15) is 26.4 Å². The van der Waals surface area contributed by atoms with Crippen LogP contribution in [-0.4, -0.2) is 32.4 Å². The van der Waals surface area contributed by atoms with Gasteiger partial charge in [-0.2, -0.15) is 21.6 Å². The van der Waals surface area contributed by atoms with Crippen molar-refractivity contribution in [1.82, 2.24) is 0 Å². The van der Waals surface area contributed by atoms with E-state index in [2.05, 4.69) is 34.6 Å². The first-order chi connectivity index (χ1) is 18.8. The van der Waals surface area contributed by atoms with Crippen molar-refractivity contribution in [3.05, 3.63) is 23.0 Å². The summed E-state index contributed by atoms with van der Waals surface area (Å²) in [7, 11) is -5.73. The fourth-order valence-corrected chi connectivity index (χ4v) is 11.9. The number of epoxide rings is 1. The number of ether oxygens (including phenoxy) is 1. The smallest absolute Gasteiger partial charge is 0.380 e. The van der Waals surface area contributed by atoms with Crippen LogP contribution in [0.4, 0.5) is 13.2 Å². The van der Waals surface area contributed by atoms with Crippen LogP contribution >= 0.6 is 0 Å². The minimum atomic E-state index is -5.73. The summed E-state index contributed by atoms with van der Waals surface area (Å²) in [5, 5.41) is 0. The predicted molar refractivity (Wildman–Crippen MR) is 149 cm³/mol. The van der Waals surface area contributed by atoms with E-state index in [1.165, 1.54) is 5.57 Å². The SMILES string of the molecule is CC(C)C1=C2[C@H]3CC[C@@H]4[C@@]5(C)CC=C(OS(=O)(=O)C(F)(F)F)C(C)(C)[C@@H]5CC[C@@]4(C)[C@]3(C)CC[C@@]2([C@@H]2CO2)CC1=O. The molecule has 6 rings (SSSR count). The van der Waals surface area contributed by atoms with Gasteiger partial charge in [-0.3, -0.25) is 4.79 Å². The third-order valence-electron chi connectivity index (χ3n) is 13.4. The average molecular weight is 599 g/mol. The molecule has 8 atom stereocenters. The van der Waals surface area contributed by atoms with Crippen LogP contribution < -0.4 is 0 Å². The second-order valence-electron chi connectivity index (χ2n) is 15.7. The number of hydrogen-bond donors (Lipinski definition) is 0. The van der Waals surface area contributed by atoms with Crippen LogP contribution in [-0.2, 0) is 23.8 Å². The molecule has 4 fully saturated rings. The van der Waals surface area contributed by atoms with Gasteiger partial charge in [0.1, 0.15) is 5.76 Å². The van der Waals surface area contributed by atoms with Crippen molar-refractivity contribution in [2.45, 2.75) is 111 Å². The van der Waals surface area contributed by atoms with Gasteiger partial charge in [-0.05, 0) is 96.5 Å². The molecule has 6 aliphatic rings. The molecular formula is C32H45F3O5S. The quantitative estimate of drug-likeness (QED) is 0.188. The number of alkyl halides is 3. The Hall–Kier alpha value is -1.35. The zero-order valence-electron chi connectivity index (χ0n) is 25.4. The van der Waals surface area contributed by atoms with Gasteiger partial charge < -0.3 is 8.92 Å². The van der Waals surface area contributed by atoms with Gasteiger partial charge >= 0.3 is 15.6 Å². The van der Waals surface area contributed by atoms with E-state index in [0.29, 0.717) is 30.5 Å². The van der Waals surface area contributed by atoms with Crippen molar-refractivity contribution in [3.8, 4) is 0 Å². The topological polar surface area (TPSA) is 73.0 Å². The molecule has 0 radical (unpaired) electrons. The highest BCUT2D eigenvalue weighted by molar-refractivity contribution is 7.87. The maximum absolute atomic E-state index is 13.5. The van der Waals surface area contributed by atoms with Gasteiger partial charge in [0.15, 0.2) is 5.78 Å². The number of fused-ring (bicyclic) bond motifs is 7. The van der Waals surface area contributed by atoms with Crippen LogP contribution in [0.25, 0.3) is 0 Å². The largest absolute Gasteiger partial charge is 0.534 e. The number of hydrogen-bond acceptors (Lipinski definition) is 5. The molecule has 230 valence electrons. The molecule has 3 saturated carbocycles. The molecule has 0 N–H and O–H groups in total. The summed E-state index contributed by atoms with van der Waals surface area (Å²) >= 11 is 0. The highest BCUT2D eigenvalue weighted by Crippen LogP contribution is 2.77. The number of rotatable bonds is 4. The van der Waals surface area contributed by atoms with E-state index in [-0.39, 0.29) is 45.4 Å². The molecule has 5 nitrogen and oxygen atoms in total. The molecule has 0 unspecified atom stereocenters. The van der Waals surface area contributed by atoms with E-state index in [4.69, 9.17) is 8.92 Å². The van der Waals surface area contributed by atoms with Crippen LogP contribution in [0.2, 0.25) is 0 Å². The molecule has 1 saturated heterocycles. The molecule has 1 heterocycles. The van der Waals surface area contributed by atoms with Crippen LogP contribution in [0.3, 0.4) is 0 Å². The molecule has 0 amide bonds. The van der Waals surface area contributed by atoms with Crippen molar-refractivity contribution in [2.75, 3.05) is 6.61 Å². The summed E-state index contributed by atoms with van der Waals surface area (Å²) in [4.78, 5) is 13.5. The Balaban J connectivity index is 1.39. The van der Waals surface area contributed by atoms with E-state index in [0.717, 1.165) is 50.7 Å². The number of carbonyl (C=O) groups is 1. The maximum atomic E-state index is 13.5. The fourth-order valence-electron chi connectivity index (χ4n) is 11.3. The van der Waals surface area contributed by atoms with E-state index >= 15 is 0 Å². The molecule has 41 heavy (non-hydrogen) atoms. The van der Waals surface area contributed by atoms with Crippen LogP contribution in [0.1, 0.15) is 99.8 Å². The first-order valence-corrected chi connectivity index (χ1v) is 16.8. The molecular weight excluding hydrogens is 553 g/mol. The minimum Gasteiger partial charge on any atom is -0.380 e. The Morgan fingerprint density at radius 2 is 1.63 bits per heavy atom. The number of halogens is 3. The predicted octanol–water partition coefficient (Wildman–Crippen LogP) is 7.73. The maximum Gasteiger partial charge on any atom is 0.534 e. The Morgan fingerprint density at radius 1 is 0.976 bits per heavy atom. The average Bonchev–Trinajstić information content (AvgIpc) is 3.64. The van der Waals surface area contributed by atoms with Crippen molar-refractivity contribution in [3.63, 3.8) is 0 Å². The highest BCUT2D eigenvalue weighted by Gasteiger charge is 2.71. The summed E-state index contributed by atoms with van der Waals surface area (Å²) in [6.45, 7) is 15.9. The summed E-state index contributed by atoms with van der Waals surface area (Å²) in [6, 6.07) is 0. The minimum absolute atomic E-state index is 0.0160. The van der Waals surface area contributed by atoms with Crippen LogP contribution in [0.5, 0.6) is 0 Å². The summed E-state index contributed by atoms with van der Waals surface area (Å²) in [5.74, 6) is 1.01. The zero-order chi connectivity index (χ0) is 30.2. The number of Topliss-reactive ketones (excluding diaryl/α,β-unsaturated/α-hetero) is 1. The normalized spacial score (nSPS) is 45.4. The van der Waals surface area contributed by atoms with Crippen molar-refractivity contribution < 1.29 is 35.3 Å². The van der Waals surface area contributed by atoms with Gasteiger partial charge in [0, 0.05) is 17.3 Å². The molecule has 0 aromatic heterocycles. The highest BCUT2D eigenvalue weighted by atomic mass is 32.2. The third kappa shape index (κ3) is 3.75. The first-order valence-electron chi connectivity index (χ1n) is 15.4. The monoisotopic (exact) mass is 598 g/mol. The lowest BCUT2D eigenvalue weighted by Gasteiger charge is -2.71. The Morgan fingerprint density at radius 3 is 2.22 bits per heavy atom.